The molecule has 2 rings (SSSR count). The SMILES string of the molecule is Cc1cc(Br)cc(C(=O)N2CCCC2CC(C)O)c1. The van der Waals surface area contributed by atoms with Crippen LogP contribution in [0.1, 0.15) is 42.1 Å². The Kier molecular flexibility index (Phi) is 4.63. The molecule has 0 spiro atoms. The molecule has 2 atom stereocenters. The first-order chi connectivity index (χ1) is 8.97. The van der Waals surface area contributed by atoms with E-state index in [1.165, 1.54) is 0 Å². The highest BCUT2D eigenvalue weighted by atomic mass is 79.9. The number of aliphatic hydroxyl groups is 1. The molecule has 1 amide bonds. The van der Waals surface area contributed by atoms with Gasteiger partial charge in [0.15, 0.2) is 0 Å². The third-order valence-electron chi connectivity index (χ3n) is 3.54. The van der Waals surface area contributed by atoms with E-state index in [1.54, 1.807) is 6.92 Å². The molecule has 0 aliphatic carbocycles. The Labute approximate surface area is 122 Å². The highest BCUT2D eigenvalue weighted by Gasteiger charge is 2.30. The smallest absolute Gasteiger partial charge is 0.254 e. The Morgan fingerprint density at radius 3 is 2.89 bits per heavy atom. The zero-order valence-electron chi connectivity index (χ0n) is 11.4. The average Bonchev–Trinajstić information content (AvgIpc) is 2.73. The molecule has 2 unspecified atom stereocenters. The molecule has 3 nitrogen and oxygen atoms in total. The second-order valence-corrected chi connectivity index (χ2v) is 6.31. The Morgan fingerprint density at radius 1 is 1.53 bits per heavy atom. The van der Waals surface area contributed by atoms with E-state index in [0.717, 1.165) is 35.0 Å². The van der Waals surface area contributed by atoms with Crippen LogP contribution in [0, 0.1) is 6.92 Å². The van der Waals surface area contributed by atoms with Crippen LogP contribution in [0.25, 0.3) is 0 Å². The summed E-state index contributed by atoms with van der Waals surface area (Å²) in [5, 5.41) is 9.53. The molecule has 0 bridgehead atoms. The Balaban J connectivity index is 2.18. The number of aliphatic hydroxyl groups excluding tert-OH is 1. The highest BCUT2D eigenvalue weighted by molar-refractivity contribution is 9.10. The molecular formula is C15H20BrNO2. The third kappa shape index (κ3) is 3.57. The minimum Gasteiger partial charge on any atom is -0.393 e. The van der Waals surface area contributed by atoms with Crippen molar-refractivity contribution in [3.8, 4) is 0 Å². The van der Waals surface area contributed by atoms with Gasteiger partial charge in [0.25, 0.3) is 5.91 Å². The van der Waals surface area contributed by atoms with Crippen molar-refractivity contribution in [1.82, 2.24) is 4.90 Å². The fourth-order valence-electron chi connectivity index (χ4n) is 2.77. The topological polar surface area (TPSA) is 40.5 Å². The van der Waals surface area contributed by atoms with E-state index in [4.69, 9.17) is 0 Å². The predicted molar refractivity (Wildman–Crippen MR) is 79.2 cm³/mol. The molecule has 0 saturated carbocycles. The summed E-state index contributed by atoms with van der Waals surface area (Å²) >= 11 is 3.43. The number of halogens is 1. The summed E-state index contributed by atoms with van der Waals surface area (Å²) in [6.07, 6.45) is 2.32. The molecule has 19 heavy (non-hydrogen) atoms. The number of likely N-dealkylation sites (tertiary alicyclic amines) is 1. The Morgan fingerprint density at radius 2 is 2.26 bits per heavy atom. The van der Waals surface area contributed by atoms with Crippen molar-refractivity contribution in [3.63, 3.8) is 0 Å². The maximum Gasteiger partial charge on any atom is 0.254 e. The van der Waals surface area contributed by atoms with Gasteiger partial charge in [0, 0.05) is 22.6 Å². The van der Waals surface area contributed by atoms with Gasteiger partial charge >= 0.3 is 0 Å². The number of aryl methyl sites for hydroxylation is 1. The molecule has 1 aliphatic heterocycles. The first-order valence-electron chi connectivity index (χ1n) is 6.73. The number of carbonyl (C=O) groups excluding carboxylic acids is 1. The average molecular weight is 326 g/mol. The van der Waals surface area contributed by atoms with Gasteiger partial charge in [-0.3, -0.25) is 4.79 Å². The van der Waals surface area contributed by atoms with Crippen LogP contribution in [0.3, 0.4) is 0 Å². The van der Waals surface area contributed by atoms with Crippen molar-refractivity contribution in [2.45, 2.75) is 45.3 Å². The number of benzene rings is 1. The summed E-state index contributed by atoms with van der Waals surface area (Å²) in [4.78, 5) is 14.5. The minimum absolute atomic E-state index is 0.0764. The number of rotatable bonds is 3. The van der Waals surface area contributed by atoms with Gasteiger partial charge < -0.3 is 10.0 Å². The summed E-state index contributed by atoms with van der Waals surface area (Å²) < 4.78 is 0.933. The summed E-state index contributed by atoms with van der Waals surface area (Å²) in [5.41, 5.74) is 1.80. The van der Waals surface area contributed by atoms with E-state index < -0.39 is 0 Å². The first-order valence-corrected chi connectivity index (χ1v) is 7.53. The van der Waals surface area contributed by atoms with E-state index in [1.807, 2.05) is 30.0 Å². The molecule has 1 aromatic rings. The minimum atomic E-state index is -0.359. The van der Waals surface area contributed by atoms with E-state index in [2.05, 4.69) is 15.9 Å². The molecule has 0 aromatic heterocycles. The molecule has 104 valence electrons. The number of amides is 1. The van der Waals surface area contributed by atoms with Crippen LogP contribution in [0.15, 0.2) is 22.7 Å². The van der Waals surface area contributed by atoms with E-state index in [-0.39, 0.29) is 18.1 Å². The van der Waals surface area contributed by atoms with Crippen molar-refractivity contribution in [2.75, 3.05) is 6.54 Å². The third-order valence-corrected chi connectivity index (χ3v) is 4.00. The second kappa shape index (κ2) is 6.06. The van der Waals surface area contributed by atoms with Gasteiger partial charge in [0.2, 0.25) is 0 Å². The fourth-order valence-corrected chi connectivity index (χ4v) is 3.38. The molecule has 1 aromatic carbocycles. The quantitative estimate of drug-likeness (QED) is 0.927. The van der Waals surface area contributed by atoms with Crippen LogP contribution in [0.2, 0.25) is 0 Å². The lowest BCUT2D eigenvalue weighted by Crippen LogP contribution is -2.37. The first kappa shape index (κ1) is 14.5. The van der Waals surface area contributed by atoms with Crippen LogP contribution in [-0.2, 0) is 0 Å². The normalized spacial score (nSPS) is 20.6. The number of nitrogens with zero attached hydrogens (tertiary/aromatic N) is 1. The monoisotopic (exact) mass is 325 g/mol. The Bertz CT molecular complexity index is 453. The van der Waals surface area contributed by atoms with Gasteiger partial charge in [-0.2, -0.15) is 0 Å². The largest absolute Gasteiger partial charge is 0.393 e. The van der Waals surface area contributed by atoms with Gasteiger partial charge in [-0.05, 0) is 56.9 Å². The summed E-state index contributed by atoms with van der Waals surface area (Å²) in [6.45, 7) is 4.56. The van der Waals surface area contributed by atoms with Crippen molar-refractivity contribution in [2.24, 2.45) is 0 Å². The molecular weight excluding hydrogens is 306 g/mol. The van der Waals surface area contributed by atoms with Crippen LogP contribution < -0.4 is 0 Å². The highest BCUT2D eigenvalue weighted by Crippen LogP contribution is 2.25. The number of hydrogen-bond acceptors (Lipinski definition) is 2. The standard InChI is InChI=1S/C15H20BrNO2/c1-10-6-12(9-13(16)7-10)15(19)17-5-3-4-14(17)8-11(2)18/h6-7,9,11,14,18H,3-5,8H2,1-2H3. The van der Waals surface area contributed by atoms with Gasteiger partial charge in [-0.1, -0.05) is 15.9 Å². The summed E-state index contributed by atoms with van der Waals surface area (Å²) in [5.74, 6) is 0.0764. The maximum absolute atomic E-state index is 12.6. The lowest BCUT2D eigenvalue weighted by Gasteiger charge is -2.26. The van der Waals surface area contributed by atoms with E-state index in [0.29, 0.717) is 6.42 Å². The van der Waals surface area contributed by atoms with E-state index >= 15 is 0 Å². The molecule has 1 aliphatic rings. The molecule has 1 fully saturated rings. The summed E-state index contributed by atoms with van der Waals surface area (Å²) in [7, 11) is 0. The van der Waals surface area contributed by atoms with Crippen molar-refractivity contribution in [1.29, 1.82) is 0 Å². The van der Waals surface area contributed by atoms with Gasteiger partial charge in [-0.15, -0.1) is 0 Å². The lowest BCUT2D eigenvalue weighted by molar-refractivity contribution is 0.0682. The Hall–Kier alpha value is -0.870. The van der Waals surface area contributed by atoms with Gasteiger partial charge in [0.05, 0.1) is 6.10 Å². The molecule has 0 radical (unpaired) electrons. The fraction of sp³-hybridized carbons (Fsp3) is 0.533. The van der Waals surface area contributed by atoms with Gasteiger partial charge in [0.1, 0.15) is 0 Å². The zero-order chi connectivity index (χ0) is 14.0. The maximum atomic E-state index is 12.6. The zero-order valence-corrected chi connectivity index (χ0v) is 13.0. The molecule has 1 saturated heterocycles. The molecule has 4 heteroatoms. The lowest BCUT2D eigenvalue weighted by atomic mass is 10.1. The van der Waals surface area contributed by atoms with Crippen LogP contribution >= 0.6 is 15.9 Å². The van der Waals surface area contributed by atoms with Crippen LogP contribution in [-0.4, -0.2) is 34.6 Å². The van der Waals surface area contributed by atoms with E-state index in [9.17, 15) is 9.90 Å². The molecule has 1 heterocycles. The van der Waals surface area contributed by atoms with Crippen LogP contribution in [0.4, 0.5) is 0 Å². The van der Waals surface area contributed by atoms with Crippen molar-refractivity contribution in [3.05, 3.63) is 33.8 Å². The predicted octanol–water partition coefficient (Wildman–Crippen LogP) is 3.13. The number of hydrogen-bond donors (Lipinski definition) is 1. The van der Waals surface area contributed by atoms with Crippen molar-refractivity contribution < 1.29 is 9.90 Å². The second-order valence-electron chi connectivity index (χ2n) is 5.40. The van der Waals surface area contributed by atoms with Gasteiger partial charge in [-0.25, -0.2) is 0 Å². The van der Waals surface area contributed by atoms with Crippen molar-refractivity contribution >= 4 is 21.8 Å². The molecule has 1 N–H and O–H groups in total. The number of carbonyl (C=O) groups is 1. The van der Waals surface area contributed by atoms with Crippen LogP contribution in [0.5, 0.6) is 0 Å². The summed E-state index contributed by atoms with van der Waals surface area (Å²) in [6, 6.07) is 5.96.